The minimum absolute atomic E-state index is 0.881. The molecule has 0 bridgehead atoms. The van der Waals surface area contributed by atoms with E-state index in [1.54, 1.807) is 0 Å². The average molecular weight is 816 g/mol. The van der Waals surface area contributed by atoms with Crippen LogP contribution >= 0.6 is 0 Å². The molecule has 0 aliphatic rings. The third kappa shape index (κ3) is 6.79. The van der Waals surface area contributed by atoms with Gasteiger partial charge in [0, 0.05) is 27.7 Å². The minimum Gasteiger partial charge on any atom is -0.456 e. The van der Waals surface area contributed by atoms with Gasteiger partial charge in [-0.3, -0.25) is 0 Å². The molecule has 0 N–H and O–H groups in total. The van der Waals surface area contributed by atoms with Gasteiger partial charge >= 0.3 is 0 Å². The molecule has 0 atom stereocenters. The van der Waals surface area contributed by atoms with Gasteiger partial charge in [-0.25, -0.2) is 0 Å². The number of anilines is 3. The summed E-state index contributed by atoms with van der Waals surface area (Å²) in [5, 5.41) is 7.26. The molecule has 0 aliphatic carbocycles. The fourth-order valence-corrected chi connectivity index (χ4v) is 9.41. The van der Waals surface area contributed by atoms with Gasteiger partial charge in [0.2, 0.25) is 0 Å². The van der Waals surface area contributed by atoms with Crippen LogP contribution in [0, 0.1) is 0 Å². The van der Waals surface area contributed by atoms with Crippen molar-refractivity contribution in [3.63, 3.8) is 0 Å². The van der Waals surface area contributed by atoms with Crippen LogP contribution in [-0.4, -0.2) is 0 Å². The summed E-state index contributed by atoms with van der Waals surface area (Å²) in [4.78, 5) is 2.38. The second-order valence-electron chi connectivity index (χ2n) is 16.5. The lowest BCUT2D eigenvalue weighted by Crippen LogP contribution is -2.11. The summed E-state index contributed by atoms with van der Waals surface area (Å²) in [6.07, 6.45) is 0. The number of nitrogens with zero attached hydrogens (tertiary/aromatic N) is 1. The maximum Gasteiger partial charge on any atom is 0.136 e. The Morgan fingerprint density at radius 2 is 0.750 bits per heavy atom. The van der Waals surface area contributed by atoms with Gasteiger partial charge in [0.15, 0.2) is 0 Å². The van der Waals surface area contributed by atoms with E-state index in [1.165, 1.54) is 60.5 Å². The zero-order valence-corrected chi connectivity index (χ0v) is 35.0. The fraction of sp³-hybridized carbons (Fsp3) is 0. The van der Waals surface area contributed by atoms with Crippen molar-refractivity contribution in [2.24, 2.45) is 0 Å². The normalized spacial score (nSPS) is 11.4. The summed E-state index contributed by atoms with van der Waals surface area (Å²) in [7, 11) is 0. The molecule has 64 heavy (non-hydrogen) atoms. The van der Waals surface area contributed by atoms with E-state index in [9.17, 15) is 0 Å². The smallest absolute Gasteiger partial charge is 0.136 e. The van der Waals surface area contributed by atoms with Crippen molar-refractivity contribution in [1.29, 1.82) is 0 Å². The fourth-order valence-electron chi connectivity index (χ4n) is 9.41. The Morgan fingerprint density at radius 3 is 1.53 bits per heavy atom. The van der Waals surface area contributed by atoms with E-state index in [0.717, 1.165) is 55.7 Å². The Balaban J connectivity index is 0.920. The summed E-state index contributed by atoms with van der Waals surface area (Å²) in [6.45, 7) is 0. The van der Waals surface area contributed by atoms with Crippen molar-refractivity contribution in [3.8, 4) is 55.6 Å². The molecule has 0 unspecified atom stereocenters. The van der Waals surface area contributed by atoms with Crippen LogP contribution in [0.5, 0.6) is 0 Å². The highest BCUT2D eigenvalue weighted by Gasteiger charge is 2.19. The number of hydrogen-bond donors (Lipinski definition) is 0. The van der Waals surface area contributed by atoms with Gasteiger partial charge in [0.05, 0.1) is 5.69 Å². The standard InChI is InChI=1S/C62H41NO/c1-2-13-48-40-51(28-25-42(48)11-1)50-16-9-15-49(39-50)45-31-36-54(37-32-45)63(60-21-7-5-18-57(60)52-33-38-59-58-19-6-8-22-61(58)64-62(59)41-52)53-34-29-44(30-35-53)43-23-26-47(27-24-43)56-20-10-14-46-12-3-4-17-55(46)56/h1-41H. The van der Waals surface area contributed by atoms with Crippen LogP contribution in [0.15, 0.2) is 253 Å². The summed E-state index contributed by atoms with van der Waals surface area (Å²) in [5.74, 6) is 0. The summed E-state index contributed by atoms with van der Waals surface area (Å²) < 4.78 is 6.39. The molecule has 0 amide bonds. The molecular weight excluding hydrogens is 775 g/mol. The summed E-state index contributed by atoms with van der Waals surface area (Å²) in [6, 6.07) is 89.7. The Hall–Kier alpha value is -8.46. The van der Waals surface area contributed by atoms with E-state index >= 15 is 0 Å². The molecule has 0 saturated heterocycles. The van der Waals surface area contributed by atoms with Crippen molar-refractivity contribution < 1.29 is 4.42 Å². The lowest BCUT2D eigenvalue weighted by molar-refractivity contribution is 0.669. The molecule has 300 valence electrons. The largest absolute Gasteiger partial charge is 0.456 e. The highest BCUT2D eigenvalue weighted by atomic mass is 16.3. The van der Waals surface area contributed by atoms with Crippen LogP contribution in [0.25, 0.3) is 99.1 Å². The number of rotatable bonds is 8. The highest BCUT2D eigenvalue weighted by molar-refractivity contribution is 6.06. The zero-order chi connectivity index (χ0) is 42.4. The lowest BCUT2D eigenvalue weighted by Gasteiger charge is -2.28. The van der Waals surface area contributed by atoms with Gasteiger partial charge in [-0.15, -0.1) is 0 Å². The van der Waals surface area contributed by atoms with Crippen molar-refractivity contribution in [1.82, 2.24) is 0 Å². The van der Waals surface area contributed by atoms with Crippen molar-refractivity contribution in [3.05, 3.63) is 249 Å². The Morgan fingerprint density at radius 1 is 0.250 bits per heavy atom. The van der Waals surface area contributed by atoms with Crippen LogP contribution in [-0.2, 0) is 0 Å². The molecule has 12 rings (SSSR count). The molecule has 1 heterocycles. The van der Waals surface area contributed by atoms with Gasteiger partial charge in [-0.2, -0.15) is 0 Å². The monoisotopic (exact) mass is 815 g/mol. The van der Waals surface area contributed by atoms with E-state index in [4.69, 9.17) is 4.42 Å². The summed E-state index contributed by atoms with van der Waals surface area (Å²) >= 11 is 0. The van der Waals surface area contributed by atoms with Gasteiger partial charge in [-0.05, 0) is 132 Å². The maximum atomic E-state index is 6.39. The molecular formula is C62H41NO. The molecule has 1 aromatic heterocycles. The van der Waals surface area contributed by atoms with Crippen LogP contribution in [0.1, 0.15) is 0 Å². The van der Waals surface area contributed by atoms with Crippen LogP contribution < -0.4 is 4.90 Å². The van der Waals surface area contributed by atoms with Crippen molar-refractivity contribution in [2.75, 3.05) is 4.90 Å². The molecule has 0 aliphatic heterocycles. The van der Waals surface area contributed by atoms with Crippen molar-refractivity contribution in [2.45, 2.75) is 0 Å². The zero-order valence-electron chi connectivity index (χ0n) is 35.0. The predicted molar refractivity (Wildman–Crippen MR) is 271 cm³/mol. The SMILES string of the molecule is c1cc(-c2ccc(N(c3ccc(-c4ccc(-c5cccc6ccccc56)cc4)cc3)c3ccccc3-c3ccc4c(c3)oc3ccccc34)cc2)cc(-c2ccc3ccccc3c2)c1. The van der Waals surface area contributed by atoms with Crippen LogP contribution in [0.3, 0.4) is 0 Å². The highest BCUT2D eigenvalue weighted by Crippen LogP contribution is 2.43. The first-order chi connectivity index (χ1) is 31.7. The van der Waals surface area contributed by atoms with E-state index < -0.39 is 0 Å². The third-order valence-electron chi connectivity index (χ3n) is 12.7. The molecule has 0 fully saturated rings. The number of benzene rings is 11. The average Bonchev–Trinajstić information content (AvgIpc) is 3.75. The lowest BCUT2D eigenvalue weighted by atomic mass is 9.96. The molecule has 2 nitrogen and oxygen atoms in total. The molecule has 0 saturated carbocycles. The topological polar surface area (TPSA) is 16.4 Å². The number of fused-ring (bicyclic) bond motifs is 5. The molecule has 2 heteroatoms. The summed E-state index contributed by atoms with van der Waals surface area (Å²) in [5.41, 5.74) is 16.8. The Kier molecular flexibility index (Phi) is 9.20. The van der Waals surface area contributed by atoms with Crippen LogP contribution in [0.4, 0.5) is 17.1 Å². The first-order valence-electron chi connectivity index (χ1n) is 21.9. The first-order valence-corrected chi connectivity index (χ1v) is 21.9. The van der Waals surface area contributed by atoms with Crippen molar-refractivity contribution >= 4 is 60.5 Å². The number of para-hydroxylation sites is 2. The number of furan rings is 1. The molecule has 0 spiro atoms. The third-order valence-corrected chi connectivity index (χ3v) is 12.7. The van der Waals surface area contributed by atoms with E-state index in [1.807, 2.05) is 12.1 Å². The van der Waals surface area contributed by atoms with Gasteiger partial charge in [0.1, 0.15) is 11.2 Å². The van der Waals surface area contributed by atoms with Gasteiger partial charge < -0.3 is 9.32 Å². The van der Waals surface area contributed by atoms with Gasteiger partial charge in [-0.1, -0.05) is 188 Å². The van der Waals surface area contributed by atoms with Crippen LogP contribution in [0.2, 0.25) is 0 Å². The quantitative estimate of drug-likeness (QED) is 0.152. The molecule has 0 radical (unpaired) electrons. The van der Waals surface area contributed by atoms with Gasteiger partial charge in [0.25, 0.3) is 0 Å². The Labute approximate surface area is 372 Å². The van der Waals surface area contributed by atoms with E-state index in [2.05, 4.69) is 241 Å². The first kappa shape index (κ1) is 37.3. The van der Waals surface area contributed by atoms with E-state index in [0.29, 0.717) is 0 Å². The van der Waals surface area contributed by atoms with E-state index in [-0.39, 0.29) is 0 Å². The maximum absolute atomic E-state index is 6.39. The predicted octanol–water partition coefficient (Wildman–Crippen LogP) is 17.7. The molecule has 12 aromatic rings. The minimum atomic E-state index is 0.881. The second-order valence-corrected chi connectivity index (χ2v) is 16.5. The Bertz CT molecular complexity index is 3650. The molecule has 11 aromatic carbocycles. The number of hydrogen-bond acceptors (Lipinski definition) is 2. The second kappa shape index (κ2) is 15.8.